The third-order valence-corrected chi connectivity index (χ3v) is 1.89. The maximum Gasteiger partial charge on any atom is 0.0920 e. The average molecular weight is 112 g/mol. The summed E-state index contributed by atoms with van der Waals surface area (Å²) in [5, 5.41) is 0. The molecule has 1 aliphatic heterocycles. The normalized spacial score (nSPS) is 37.5. The van der Waals surface area contributed by atoms with Gasteiger partial charge in [0, 0.05) is 5.92 Å². The van der Waals surface area contributed by atoms with Crippen LogP contribution in [0.3, 0.4) is 0 Å². The summed E-state index contributed by atoms with van der Waals surface area (Å²) in [6, 6.07) is 0. The lowest BCUT2D eigenvalue weighted by Crippen LogP contribution is -2.00. The van der Waals surface area contributed by atoms with E-state index >= 15 is 0 Å². The van der Waals surface area contributed by atoms with Gasteiger partial charge in [-0.15, -0.1) is 0 Å². The highest BCUT2D eigenvalue weighted by atomic mass is 16.5. The number of rotatable bonds is 0. The van der Waals surface area contributed by atoms with Crippen LogP contribution in [-0.4, -0.2) is 6.61 Å². The Morgan fingerprint density at radius 1 is 1.62 bits per heavy atom. The zero-order valence-electron chi connectivity index (χ0n) is 5.48. The summed E-state index contributed by atoms with van der Waals surface area (Å²) in [5.41, 5.74) is 0. The van der Waals surface area contributed by atoms with Crippen LogP contribution in [0.4, 0.5) is 0 Å². The second kappa shape index (κ2) is 1.81. The third-order valence-electron chi connectivity index (χ3n) is 1.89. The molecule has 1 unspecified atom stereocenters. The summed E-state index contributed by atoms with van der Waals surface area (Å²) in [4.78, 5) is 0. The summed E-state index contributed by atoms with van der Waals surface area (Å²) in [6.07, 6.45) is 0. The van der Waals surface area contributed by atoms with Crippen molar-refractivity contribution in [1.29, 1.82) is 0 Å². The Labute approximate surface area is 50.3 Å². The molecule has 0 aliphatic carbocycles. The SMILES string of the molecule is C=C1OCC(C)[C@H]1C. The van der Waals surface area contributed by atoms with Crippen LogP contribution in [0.5, 0.6) is 0 Å². The Kier molecular flexibility index (Phi) is 1.28. The maximum atomic E-state index is 5.18. The molecule has 1 nitrogen and oxygen atoms in total. The second-order valence-electron chi connectivity index (χ2n) is 2.54. The lowest BCUT2D eigenvalue weighted by atomic mass is 9.99. The molecule has 1 saturated heterocycles. The predicted octanol–water partition coefficient (Wildman–Crippen LogP) is 1.80. The van der Waals surface area contributed by atoms with Crippen molar-refractivity contribution in [3.05, 3.63) is 12.3 Å². The van der Waals surface area contributed by atoms with Gasteiger partial charge in [0.2, 0.25) is 0 Å². The van der Waals surface area contributed by atoms with Gasteiger partial charge in [0.05, 0.1) is 12.4 Å². The summed E-state index contributed by atoms with van der Waals surface area (Å²) in [6.45, 7) is 8.96. The van der Waals surface area contributed by atoms with E-state index in [-0.39, 0.29) is 0 Å². The van der Waals surface area contributed by atoms with Crippen molar-refractivity contribution < 1.29 is 4.74 Å². The van der Waals surface area contributed by atoms with Crippen LogP contribution < -0.4 is 0 Å². The van der Waals surface area contributed by atoms with E-state index in [0.717, 1.165) is 12.4 Å². The largest absolute Gasteiger partial charge is 0.498 e. The fraction of sp³-hybridized carbons (Fsp3) is 0.714. The van der Waals surface area contributed by atoms with Crippen LogP contribution >= 0.6 is 0 Å². The number of allylic oxidation sites excluding steroid dienone is 1. The summed E-state index contributed by atoms with van der Waals surface area (Å²) in [7, 11) is 0. The molecule has 1 aliphatic rings. The van der Waals surface area contributed by atoms with Crippen molar-refractivity contribution in [2.45, 2.75) is 13.8 Å². The van der Waals surface area contributed by atoms with E-state index in [1.165, 1.54) is 0 Å². The van der Waals surface area contributed by atoms with E-state index < -0.39 is 0 Å². The first-order chi connectivity index (χ1) is 3.72. The van der Waals surface area contributed by atoms with E-state index in [1.807, 2.05) is 0 Å². The number of hydrogen-bond donors (Lipinski definition) is 0. The molecule has 0 amide bonds. The minimum absolute atomic E-state index is 0.565. The van der Waals surface area contributed by atoms with Crippen molar-refractivity contribution >= 4 is 0 Å². The van der Waals surface area contributed by atoms with Crippen LogP contribution in [0.1, 0.15) is 13.8 Å². The lowest BCUT2D eigenvalue weighted by Gasteiger charge is -2.02. The Morgan fingerprint density at radius 2 is 2.25 bits per heavy atom. The van der Waals surface area contributed by atoms with Gasteiger partial charge in [-0.3, -0.25) is 0 Å². The Morgan fingerprint density at radius 3 is 2.38 bits per heavy atom. The maximum absolute atomic E-state index is 5.18. The van der Waals surface area contributed by atoms with Gasteiger partial charge in [0.25, 0.3) is 0 Å². The zero-order chi connectivity index (χ0) is 6.15. The molecule has 0 bridgehead atoms. The predicted molar refractivity (Wildman–Crippen MR) is 33.4 cm³/mol. The highest BCUT2D eigenvalue weighted by Gasteiger charge is 2.23. The van der Waals surface area contributed by atoms with Crippen LogP contribution in [-0.2, 0) is 4.74 Å². The fourth-order valence-corrected chi connectivity index (χ4v) is 0.832. The van der Waals surface area contributed by atoms with Gasteiger partial charge in [-0.05, 0) is 5.92 Å². The van der Waals surface area contributed by atoms with Gasteiger partial charge < -0.3 is 4.74 Å². The Hall–Kier alpha value is -0.460. The Bertz CT molecular complexity index is 107. The van der Waals surface area contributed by atoms with Gasteiger partial charge in [0.15, 0.2) is 0 Å². The topological polar surface area (TPSA) is 9.23 Å². The van der Waals surface area contributed by atoms with Crippen molar-refractivity contribution in [3.8, 4) is 0 Å². The van der Waals surface area contributed by atoms with Crippen LogP contribution in [0, 0.1) is 11.8 Å². The molecule has 8 heavy (non-hydrogen) atoms. The minimum Gasteiger partial charge on any atom is -0.498 e. The molecule has 1 heterocycles. The molecule has 0 aromatic carbocycles. The molecule has 1 fully saturated rings. The van der Waals surface area contributed by atoms with Crippen molar-refractivity contribution in [1.82, 2.24) is 0 Å². The lowest BCUT2D eigenvalue weighted by molar-refractivity contribution is 0.246. The van der Waals surface area contributed by atoms with E-state index in [0.29, 0.717) is 11.8 Å². The summed E-state index contributed by atoms with van der Waals surface area (Å²) in [5.74, 6) is 2.19. The molecule has 0 aromatic heterocycles. The molecule has 0 spiro atoms. The van der Waals surface area contributed by atoms with Gasteiger partial charge in [-0.2, -0.15) is 0 Å². The second-order valence-corrected chi connectivity index (χ2v) is 2.54. The standard InChI is InChI=1S/C7H12O/c1-5-4-8-7(3)6(5)2/h5-6H,3-4H2,1-2H3/t5?,6-/m1/s1. The molecule has 0 N–H and O–H groups in total. The van der Waals surface area contributed by atoms with E-state index in [1.54, 1.807) is 0 Å². The molecule has 0 aromatic rings. The quantitative estimate of drug-likeness (QED) is 0.464. The first kappa shape index (κ1) is 5.67. The number of hydrogen-bond acceptors (Lipinski definition) is 1. The monoisotopic (exact) mass is 112 g/mol. The summed E-state index contributed by atoms with van der Waals surface area (Å²) < 4.78 is 5.18. The molecule has 1 rings (SSSR count). The molecule has 1 heteroatoms. The molecule has 46 valence electrons. The minimum atomic E-state index is 0.565. The van der Waals surface area contributed by atoms with Crippen molar-refractivity contribution in [2.24, 2.45) is 11.8 Å². The first-order valence-corrected chi connectivity index (χ1v) is 3.03. The molecule has 0 saturated carbocycles. The van der Waals surface area contributed by atoms with E-state index in [2.05, 4.69) is 20.4 Å². The van der Waals surface area contributed by atoms with Gasteiger partial charge >= 0.3 is 0 Å². The third kappa shape index (κ3) is 0.726. The van der Waals surface area contributed by atoms with E-state index in [4.69, 9.17) is 4.74 Å². The Balaban J connectivity index is 2.56. The van der Waals surface area contributed by atoms with Crippen LogP contribution in [0.25, 0.3) is 0 Å². The molecular weight excluding hydrogens is 100 g/mol. The van der Waals surface area contributed by atoms with Crippen molar-refractivity contribution in [2.75, 3.05) is 6.61 Å². The zero-order valence-corrected chi connectivity index (χ0v) is 5.48. The van der Waals surface area contributed by atoms with Crippen molar-refractivity contribution in [3.63, 3.8) is 0 Å². The molecular formula is C7H12O. The van der Waals surface area contributed by atoms with Crippen LogP contribution in [0.2, 0.25) is 0 Å². The van der Waals surface area contributed by atoms with Gasteiger partial charge in [-0.25, -0.2) is 0 Å². The van der Waals surface area contributed by atoms with Gasteiger partial charge in [-0.1, -0.05) is 20.4 Å². The highest BCUT2D eigenvalue weighted by Crippen LogP contribution is 2.27. The average Bonchev–Trinajstić information content (AvgIpc) is 1.98. The first-order valence-electron chi connectivity index (χ1n) is 3.03. The molecule has 0 radical (unpaired) electrons. The van der Waals surface area contributed by atoms with Gasteiger partial charge in [0.1, 0.15) is 0 Å². The number of ether oxygens (including phenoxy) is 1. The summed E-state index contributed by atoms with van der Waals surface area (Å²) >= 11 is 0. The highest BCUT2D eigenvalue weighted by molar-refractivity contribution is 4.96. The van der Waals surface area contributed by atoms with E-state index in [9.17, 15) is 0 Å². The molecule has 2 atom stereocenters. The fourth-order valence-electron chi connectivity index (χ4n) is 0.832. The van der Waals surface area contributed by atoms with Crippen LogP contribution in [0.15, 0.2) is 12.3 Å². The smallest absolute Gasteiger partial charge is 0.0920 e.